The fourth-order valence-electron chi connectivity index (χ4n) is 6.04. The van der Waals surface area contributed by atoms with Gasteiger partial charge in [-0.15, -0.1) is 0 Å². The highest BCUT2D eigenvalue weighted by molar-refractivity contribution is 5.89. The summed E-state index contributed by atoms with van der Waals surface area (Å²) in [5.41, 5.74) is 3.09. The van der Waals surface area contributed by atoms with E-state index >= 15 is 0 Å². The molecule has 2 saturated heterocycles. The van der Waals surface area contributed by atoms with Gasteiger partial charge in [-0.3, -0.25) is 0 Å². The van der Waals surface area contributed by atoms with Crippen LogP contribution >= 0.6 is 0 Å². The Morgan fingerprint density at radius 2 is 2.09 bits per heavy atom. The number of carbonyl (C=O) groups excluding carboxylic acids is 1. The van der Waals surface area contributed by atoms with Gasteiger partial charge in [0, 0.05) is 74.0 Å². The zero-order valence-corrected chi connectivity index (χ0v) is 19.7. The van der Waals surface area contributed by atoms with Gasteiger partial charge in [0.15, 0.2) is 0 Å². The van der Waals surface area contributed by atoms with Gasteiger partial charge in [0.1, 0.15) is 5.75 Å². The first-order chi connectivity index (χ1) is 16.1. The number of aliphatic hydroxyl groups is 1. The van der Waals surface area contributed by atoms with Gasteiger partial charge in [-0.2, -0.15) is 0 Å². The molecule has 3 aliphatic heterocycles. The average molecular weight is 457 g/mol. The summed E-state index contributed by atoms with van der Waals surface area (Å²) in [6.07, 6.45) is 3.13. The van der Waals surface area contributed by atoms with E-state index in [1.165, 1.54) is 10.9 Å². The lowest BCUT2D eigenvalue weighted by atomic mass is 9.68. The number of aromatic nitrogens is 1. The van der Waals surface area contributed by atoms with Crippen LogP contribution in [0.4, 0.5) is 4.79 Å². The van der Waals surface area contributed by atoms with Crippen LogP contribution in [0.5, 0.6) is 5.75 Å². The molecule has 0 saturated carbocycles. The van der Waals surface area contributed by atoms with Crippen LogP contribution in [0.2, 0.25) is 0 Å². The molecule has 33 heavy (non-hydrogen) atoms. The normalized spacial score (nSPS) is 22.9. The van der Waals surface area contributed by atoms with Gasteiger partial charge in [0.25, 0.3) is 0 Å². The molecule has 4 heterocycles. The molecule has 2 fully saturated rings. The molecule has 8 nitrogen and oxygen atoms in total. The maximum Gasteiger partial charge on any atom is 0.318 e. The molecule has 1 spiro atoms. The van der Waals surface area contributed by atoms with Gasteiger partial charge in [0.05, 0.1) is 19.8 Å². The quantitative estimate of drug-likeness (QED) is 0.622. The molecule has 3 N–H and O–H groups in total. The summed E-state index contributed by atoms with van der Waals surface area (Å²) in [4.78, 5) is 21.1. The topological polar surface area (TPSA) is 90.1 Å². The number of methoxy groups -OCH3 is 1. The fraction of sp³-hybridized carbons (Fsp3) is 0.640. The van der Waals surface area contributed by atoms with Crippen molar-refractivity contribution >= 4 is 16.9 Å². The lowest BCUT2D eigenvalue weighted by Crippen LogP contribution is -2.68. The predicted molar refractivity (Wildman–Crippen MR) is 127 cm³/mol. The number of likely N-dealkylation sites (tertiary alicyclic amines) is 1. The molecule has 0 unspecified atom stereocenters. The Hall–Kier alpha value is -2.29. The van der Waals surface area contributed by atoms with Crippen molar-refractivity contribution in [3.8, 4) is 5.75 Å². The van der Waals surface area contributed by atoms with Crippen LogP contribution in [0.1, 0.15) is 43.5 Å². The standard InChI is InChI=1S/C25H36N4O4/c1-3-8-26-24(31)29-16-25(14-28(15-25)12-17-6-9-33-10-7-17)22-19-5-4-18(32-2)11-20(19)27-23(22)21(29)13-30/h4-5,11,17,21,27,30H,3,6-10,12-16H2,1-2H3,(H,26,31)/t21-/m0/s1. The Labute approximate surface area is 195 Å². The monoisotopic (exact) mass is 456 g/mol. The van der Waals surface area contributed by atoms with E-state index in [9.17, 15) is 9.90 Å². The highest BCUT2D eigenvalue weighted by Gasteiger charge is 2.53. The van der Waals surface area contributed by atoms with Crippen LogP contribution < -0.4 is 10.1 Å². The number of fused-ring (bicyclic) bond motifs is 4. The number of carbonyl (C=O) groups is 1. The molecule has 0 aliphatic carbocycles. The van der Waals surface area contributed by atoms with Gasteiger partial charge in [0.2, 0.25) is 0 Å². The van der Waals surface area contributed by atoms with Crippen molar-refractivity contribution in [3.05, 3.63) is 29.5 Å². The van der Waals surface area contributed by atoms with Crippen molar-refractivity contribution in [2.45, 2.75) is 37.6 Å². The molecule has 3 aliphatic rings. The third kappa shape index (κ3) is 3.98. The van der Waals surface area contributed by atoms with Gasteiger partial charge >= 0.3 is 6.03 Å². The summed E-state index contributed by atoms with van der Waals surface area (Å²) in [6.45, 7) is 7.84. The first-order valence-electron chi connectivity index (χ1n) is 12.2. The van der Waals surface area contributed by atoms with Crippen LogP contribution in [0, 0.1) is 5.92 Å². The predicted octanol–water partition coefficient (Wildman–Crippen LogP) is 2.63. The lowest BCUT2D eigenvalue weighted by molar-refractivity contribution is -0.0131. The molecule has 0 bridgehead atoms. The van der Waals surface area contributed by atoms with E-state index in [2.05, 4.69) is 21.3 Å². The Bertz CT molecular complexity index is 994. The zero-order chi connectivity index (χ0) is 23.0. The van der Waals surface area contributed by atoms with E-state index in [0.29, 0.717) is 19.0 Å². The molecular formula is C25H36N4O4. The van der Waals surface area contributed by atoms with Crippen LogP contribution in [0.3, 0.4) is 0 Å². The van der Waals surface area contributed by atoms with E-state index in [0.717, 1.165) is 69.1 Å². The number of H-pyrrole nitrogens is 1. The van der Waals surface area contributed by atoms with E-state index in [-0.39, 0.29) is 24.1 Å². The zero-order valence-electron chi connectivity index (χ0n) is 19.7. The summed E-state index contributed by atoms with van der Waals surface area (Å²) in [5.74, 6) is 1.48. The molecule has 0 radical (unpaired) electrons. The van der Waals surface area contributed by atoms with E-state index in [1.807, 2.05) is 24.0 Å². The van der Waals surface area contributed by atoms with Crippen LogP contribution in [-0.2, 0) is 10.2 Å². The summed E-state index contributed by atoms with van der Waals surface area (Å²) >= 11 is 0. The third-order valence-corrected chi connectivity index (χ3v) is 7.62. The number of aromatic amines is 1. The Balaban J connectivity index is 1.49. The summed E-state index contributed by atoms with van der Waals surface area (Å²) < 4.78 is 11.0. The summed E-state index contributed by atoms with van der Waals surface area (Å²) in [5, 5.41) is 14.5. The van der Waals surface area contributed by atoms with Crippen molar-refractivity contribution in [2.75, 3.05) is 59.7 Å². The number of aliphatic hydroxyl groups excluding tert-OH is 1. The minimum Gasteiger partial charge on any atom is -0.497 e. The van der Waals surface area contributed by atoms with E-state index in [1.54, 1.807) is 7.11 Å². The van der Waals surface area contributed by atoms with Gasteiger partial charge in [-0.05, 0) is 42.9 Å². The minimum atomic E-state index is -0.384. The molecule has 1 aromatic heterocycles. The highest BCUT2D eigenvalue weighted by atomic mass is 16.5. The third-order valence-electron chi connectivity index (χ3n) is 7.62. The maximum atomic E-state index is 13.1. The summed E-state index contributed by atoms with van der Waals surface area (Å²) in [6, 6.07) is 5.64. The molecule has 8 heteroatoms. The van der Waals surface area contributed by atoms with Gasteiger partial charge in [-0.1, -0.05) is 6.92 Å². The second kappa shape index (κ2) is 9.16. The molecular weight excluding hydrogens is 420 g/mol. The number of urea groups is 1. The lowest BCUT2D eigenvalue weighted by Gasteiger charge is -2.56. The Morgan fingerprint density at radius 3 is 2.79 bits per heavy atom. The highest BCUT2D eigenvalue weighted by Crippen LogP contribution is 2.48. The molecule has 180 valence electrons. The SMILES string of the molecule is CCCNC(=O)N1CC2(CN(CC3CCOCC3)C2)c2c([nH]c3cc(OC)ccc23)[C@@H]1CO. The van der Waals surface area contributed by atoms with Crippen molar-refractivity contribution in [2.24, 2.45) is 5.92 Å². The molecule has 2 aromatic rings. The van der Waals surface area contributed by atoms with Gasteiger partial charge < -0.3 is 34.7 Å². The Kier molecular flexibility index (Phi) is 6.24. The smallest absolute Gasteiger partial charge is 0.318 e. The first-order valence-corrected chi connectivity index (χ1v) is 12.2. The Morgan fingerprint density at radius 1 is 1.30 bits per heavy atom. The van der Waals surface area contributed by atoms with Crippen LogP contribution in [-0.4, -0.2) is 85.6 Å². The minimum absolute atomic E-state index is 0.0972. The molecule has 5 rings (SSSR count). The van der Waals surface area contributed by atoms with Gasteiger partial charge in [-0.25, -0.2) is 4.79 Å². The van der Waals surface area contributed by atoms with E-state index < -0.39 is 0 Å². The van der Waals surface area contributed by atoms with Crippen molar-refractivity contribution in [3.63, 3.8) is 0 Å². The van der Waals surface area contributed by atoms with Crippen LogP contribution in [0.25, 0.3) is 10.9 Å². The van der Waals surface area contributed by atoms with Crippen molar-refractivity contribution < 1.29 is 19.4 Å². The molecule has 1 aromatic carbocycles. The van der Waals surface area contributed by atoms with Crippen molar-refractivity contribution in [1.29, 1.82) is 0 Å². The fourth-order valence-corrected chi connectivity index (χ4v) is 6.04. The number of hydrogen-bond acceptors (Lipinski definition) is 5. The second-order valence-electron chi connectivity index (χ2n) is 9.89. The average Bonchev–Trinajstić information content (AvgIpc) is 3.20. The number of hydrogen-bond donors (Lipinski definition) is 3. The van der Waals surface area contributed by atoms with Crippen LogP contribution in [0.15, 0.2) is 18.2 Å². The number of nitrogens with one attached hydrogen (secondary N) is 2. The number of nitrogens with zero attached hydrogens (tertiary/aromatic N) is 2. The largest absolute Gasteiger partial charge is 0.497 e. The number of amides is 2. The number of ether oxygens (including phenoxy) is 2. The number of rotatable bonds is 6. The first kappa shape index (κ1) is 22.5. The molecule has 1 atom stereocenters. The number of benzene rings is 1. The summed E-state index contributed by atoms with van der Waals surface area (Å²) in [7, 11) is 1.67. The second-order valence-corrected chi connectivity index (χ2v) is 9.89. The molecule has 2 amide bonds. The van der Waals surface area contributed by atoms with Crippen molar-refractivity contribution in [1.82, 2.24) is 20.1 Å². The maximum absolute atomic E-state index is 13.1. The van der Waals surface area contributed by atoms with E-state index in [4.69, 9.17) is 9.47 Å².